The zero-order chi connectivity index (χ0) is 16.3. The van der Waals surface area contributed by atoms with E-state index in [0.29, 0.717) is 0 Å². The number of ether oxygens (including phenoxy) is 2. The van der Waals surface area contributed by atoms with Crippen molar-refractivity contribution in [2.45, 2.75) is 19.1 Å². The van der Waals surface area contributed by atoms with Crippen molar-refractivity contribution in [3.63, 3.8) is 0 Å². The van der Waals surface area contributed by atoms with Crippen LogP contribution in [0.1, 0.15) is 16.8 Å². The molecular weight excluding hydrogens is 374 g/mol. The lowest BCUT2D eigenvalue weighted by atomic mass is 10.1. The van der Waals surface area contributed by atoms with E-state index in [1.54, 1.807) is 0 Å². The summed E-state index contributed by atoms with van der Waals surface area (Å²) in [7, 11) is 0. The largest absolute Gasteiger partial charge is 0.573 e. The number of benzene rings is 1. The molecule has 1 aromatic carbocycles. The summed E-state index contributed by atoms with van der Waals surface area (Å²) < 4.78 is 80.6. The number of alkyl halides is 7. The minimum absolute atomic E-state index is 0.0532. The third kappa shape index (κ3) is 5.82. The Bertz CT molecular complexity index is 477. The van der Waals surface area contributed by atoms with Crippen molar-refractivity contribution in [2.24, 2.45) is 0 Å². The van der Waals surface area contributed by atoms with Gasteiger partial charge in [-0.05, 0) is 12.1 Å². The van der Waals surface area contributed by atoms with Crippen LogP contribution in [0.5, 0.6) is 11.5 Å². The molecule has 10 heteroatoms. The summed E-state index contributed by atoms with van der Waals surface area (Å²) in [5, 5.41) is 0.0532. The molecule has 1 rings (SSSR count). The molecule has 118 valence electrons. The first-order chi connectivity index (χ1) is 9.53. The van der Waals surface area contributed by atoms with Crippen molar-refractivity contribution in [1.29, 1.82) is 0 Å². The van der Waals surface area contributed by atoms with Gasteiger partial charge in [-0.1, -0.05) is 22.0 Å². The third-order valence-corrected chi connectivity index (χ3v) is 2.44. The first kappa shape index (κ1) is 17.6. The molecule has 0 aliphatic heterocycles. The normalized spacial score (nSPS) is 12.1. The van der Waals surface area contributed by atoms with Gasteiger partial charge < -0.3 is 9.47 Å². The maximum absolute atomic E-state index is 12.2. The Morgan fingerprint density at radius 3 is 1.76 bits per heavy atom. The second-order valence-corrected chi connectivity index (χ2v) is 4.38. The highest BCUT2D eigenvalue weighted by atomic mass is 79.9. The molecule has 0 amide bonds. The summed E-state index contributed by atoms with van der Waals surface area (Å²) in [6, 6.07) is 2.32. The Hall–Kier alpha value is -1.45. The first-order valence-corrected chi connectivity index (χ1v) is 6.39. The molecule has 1 aromatic rings. The number of hydrogen-bond acceptors (Lipinski definition) is 3. The van der Waals surface area contributed by atoms with Crippen molar-refractivity contribution in [3.8, 4) is 11.5 Å². The lowest BCUT2D eigenvalue weighted by Gasteiger charge is -2.17. The Labute approximate surface area is 123 Å². The fraction of sp³-hybridized carbons (Fsp3) is 0.364. The van der Waals surface area contributed by atoms with Gasteiger partial charge in [0.05, 0.1) is 0 Å². The Kier molecular flexibility index (Phi) is 5.48. The van der Waals surface area contributed by atoms with Gasteiger partial charge in [-0.3, -0.25) is 4.79 Å². The van der Waals surface area contributed by atoms with Gasteiger partial charge >= 0.3 is 12.7 Å². The number of carbonyl (C=O) groups excluding carboxylic acids is 1. The number of hydrogen-bond donors (Lipinski definition) is 0. The van der Waals surface area contributed by atoms with Gasteiger partial charge in [0.2, 0.25) is 0 Å². The smallest absolute Gasteiger partial charge is 0.405 e. The van der Waals surface area contributed by atoms with Gasteiger partial charge in [0, 0.05) is 11.8 Å². The number of Topliss-reactive ketones (excluding diaryl/α,β-unsaturated/α-hetero) is 1. The summed E-state index contributed by atoms with van der Waals surface area (Å²) in [5.41, 5.74) is -0.911. The molecule has 0 aromatic heterocycles. The van der Waals surface area contributed by atoms with Crippen LogP contribution in [0.25, 0.3) is 0 Å². The minimum Gasteiger partial charge on any atom is -0.405 e. The molecular formula is C11H7BrF6O3. The Morgan fingerprint density at radius 1 is 1.00 bits per heavy atom. The quantitative estimate of drug-likeness (QED) is 0.430. The summed E-state index contributed by atoms with van der Waals surface area (Å²) in [6.45, 7) is 0. The van der Waals surface area contributed by atoms with E-state index in [0.717, 1.165) is 18.2 Å². The molecule has 0 aliphatic rings. The minimum atomic E-state index is -5.15. The second-order valence-electron chi connectivity index (χ2n) is 3.59. The van der Waals surface area contributed by atoms with Crippen LogP contribution < -0.4 is 9.47 Å². The molecule has 0 N–H and O–H groups in total. The zero-order valence-corrected chi connectivity index (χ0v) is 11.6. The maximum atomic E-state index is 12.2. The third-order valence-electron chi connectivity index (χ3n) is 2.04. The van der Waals surface area contributed by atoms with E-state index in [4.69, 9.17) is 0 Å². The van der Waals surface area contributed by atoms with Crippen LogP contribution in [-0.2, 0) is 0 Å². The highest BCUT2D eigenvalue weighted by molar-refractivity contribution is 9.09. The van der Waals surface area contributed by atoms with Crippen molar-refractivity contribution in [2.75, 3.05) is 5.33 Å². The fourth-order valence-electron chi connectivity index (χ4n) is 1.42. The molecule has 0 heterocycles. The predicted octanol–water partition coefficient (Wildman–Crippen LogP) is 4.45. The van der Waals surface area contributed by atoms with Crippen molar-refractivity contribution in [3.05, 3.63) is 23.8 Å². The Balaban J connectivity index is 3.30. The van der Waals surface area contributed by atoms with Crippen LogP contribution in [0, 0.1) is 0 Å². The van der Waals surface area contributed by atoms with E-state index in [9.17, 15) is 31.1 Å². The molecule has 0 atom stereocenters. The average molecular weight is 381 g/mol. The van der Waals surface area contributed by atoms with Crippen LogP contribution in [0.3, 0.4) is 0 Å². The van der Waals surface area contributed by atoms with E-state index in [-0.39, 0.29) is 11.8 Å². The maximum Gasteiger partial charge on any atom is 0.573 e. The Morgan fingerprint density at radius 2 is 1.43 bits per heavy atom. The van der Waals surface area contributed by atoms with Gasteiger partial charge in [0.25, 0.3) is 0 Å². The molecule has 0 aliphatic carbocycles. The van der Waals surface area contributed by atoms with Crippen LogP contribution in [0.4, 0.5) is 26.3 Å². The molecule has 0 radical (unpaired) electrons. The number of ketones is 1. The fourth-order valence-corrected chi connectivity index (χ4v) is 1.78. The van der Waals surface area contributed by atoms with E-state index in [1.807, 2.05) is 0 Å². The summed E-state index contributed by atoms with van der Waals surface area (Å²) in [6.07, 6.45) is -10.6. The lowest BCUT2D eigenvalue weighted by molar-refractivity contribution is -0.276. The van der Waals surface area contributed by atoms with Crippen LogP contribution in [0.15, 0.2) is 18.2 Å². The van der Waals surface area contributed by atoms with Crippen LogP contribution >= 0.6 is 15.9 Å². The zero-order valence-electron chi connectivity index (χ0n) is 10.0. The standard InChI is InChI=1S/C11H7BrF6O3/c12-5-4-6(19)9-7(20-10(13,14)15)2-1-3-8(9)21-11(16,17)18/h1-3H,4-5H2. The molecule has 0 saturated carbocycles. The van der Waals surface area contributed by atoms with E-state index in [2.05, 4.69) is 25.4 Å². The average Bonchev–Trinajstić information content (AvgIpc) is 2.24. The molecule has 0 saturated heterocycles. The van der Waals surface area contributed by atoms with E-state index >= 15 is 0 Å². The van der Waals surface area contributed by atoms with Crippen LogP contribution in [0.2, 0.25) is 0 Å². The molecule has 0 unspecified atom stereocenters. The monoisotopic (exact) mass is 380 g/mol. The van der Waals surface area contributed by atoms with E-state index < -0.39 is 35.6 Å². The summed E-state index contributed by atoms with van der Waals surface area (Å²) in [4.78, 5) is 11.7. The van der Waals surface area contributed by atoms with Gasteiger partial charge in [-0.25, -0.2) is 0 Å². The van der Waals surface area contributed by atoms with E-state index in [1.165, 1.54) is 0 Å². The number of halogens is 7. The molecule has 0 fully saturated rings. The SMILES string of the molecule is O=C(CCBr)c1c(OC(F)(F)F)cccc1OC(F)(F)F. The highest BCUT2D eigenvalue weighted by Crippen LogP contribution is 2.36. The van der Waals surface area contributed by atoms with Gasteiger partial charge in [-0.15, -0.1) is 26.3 Å². The summed E-state index contributed by atoms with van der Waals surface area (Å²) in [5.74, 6) is -3.07. The van der Waals surface area contributed by atoms with Gasteiger partial charge in [-0.2, -0.15) is 0 Å². The molecule has 0 bridgehead atoms. The molecule has 21 heavy (non-hydrogen) atoms. The molecule has 0 spiro atoms. The lowest BCUT2D eigenvalue weighted by Crippen LogP contribution is -2.22. The van der Waals surface area contributed by atoms with Crippen LogP contribution in [-0.4, -0.2) is 23.8 Å². The summed E-state index contributed by atoms with van der Waals surface area (Å²) >= 11 is 2.87. The van der Waals surface area contributed by atoms with Gasteiger partial charge in [0.1, 0.15) is 17.1 Å². The number of carbonyl (C=O) groups is 1. The van der Waals surface area contributed by atoms with Crippen molar-refractivity contribution in [1.82, 2.24) is 0 Å². The van der Waals surface area contributed by atoms with Crippen molar-refractivity contribution >= 4 is 21.7 Å². The second kappa shape index (κ2) is 6.54. The highest BCUT2D eigenvalue weighted by Gasteiger charge is 2.37. The predicted molar refractivity (Wildman–Crippen MR) is 62.5 cm³/mol. The first-order valence-electron chi connectivity index (χ1n) is 5.27. The molecule has 3 nitrogen and oxygen atoms in total. The number of rotatable bonds is 5. The topological polar surface area (TPSA) is 35.5 Å². The van der Waals surface area contributed by atoms with Gasteiger partial charge in [0.15, 0.2) is 5.78 Å². The van der Waals surface area contributed by atoms with Crippen molar-refractivity contribution < 1.29 is 40.6 Å².